The Bertz CT molecular complexity index is 481. The van der Waals surface area contributed by atoms with Crippen LogP contribution in [-0.4, -0.2) is 35.2 Å². The van der Waals surface area contributed by atoms with Crippen LogP contribution in [-0.2, 0) is 0 Å². The highest BCUT2D eigenvalue weighted by Crippen LogP contribution is 2.31. The van der Waals surface area contributed by atoms with Crippen molar-refractivity contribution in [1.82, 2.24) is 4.98 Å². The van der Waals surface area contributed by atoms with Gasteiger partial charge < -0.3 is 15.7 Å². The Balaban J connectivity index is 2.05. The normalized spacial score (nSPS) is 21.7. The fourth-order valence-electron chi connectivity index (χ4n) is 2.70. The van der Waals surface area contributed by atoms with Crippen LogP contribution in [0.2, 0.25) is 0 Å². The van der Waals surface area contributed by atoms with Crippen LogP contribution in [0.3, 0.4) is 0 Å². The Morgan fingerprint density at radius 2 is 2.10 bits per heavy atom. The lowest BCUT2D eigenvalue weighted by molar-refractivity contribution is -0.384. The van der Waals surface area contributed by atoms with E-state index in [4.69, 9.17) is 0 Å². The number of nitro groups is 1. The molecule has 0 bridgehead atoms. The minimum absolute atomic E-state index is 0.0111. The number of anilines is 2. The van der Waals surface area contributed by atoms with Gasteiger partial charge in [-0.1, -0.05) is 6.42 Å². The predicted molar refractivity (Wildman–Crippen MR) is 76.8 cm³/mol. The molecular formula is C13H20N4O3. The van der Waals surface area contributed by atoms with Gasteiger partial charge in [0.15, 0.2) is 0 Å². The van der Waals surface area contributed by atoms with Crippen LogP contribution < -0.4 is 10.6 Å². The van der Waals surface area contributed by atoms with Crippen molar-refractivity contribution in [1.29, 1.82) is 0 Å². The van der Waals surface area contributed by atoms with E-state index in [0.717, 1.165) is 19.3 Å². The zero-order chi connectivity index (χ0) is 14.5. The lowest BCUT2D eigenvalue weighted by Crippen LogP contribution is -2.21. The maximum atomic E-state index is 10.9. The van der Waals surface area contributed by atoms with Gasteiger partial charge in [0, 0.05) is 20.2 Å². The van der Waals surface area contributed by atoms with Gasteiger partial charge in [0.05, 0.1) is 17.1 Å². The summed E-state index contributed by atoms with van der Waals surface area (Å²) in [4.78, 5) is 14.7. The molecule has 0 aliphatic heterocycles. The van der Waals surface area contributed by atoms with E-state index >= 15 is 0 Å². The van der Waals surface area contributed by atoms with Crippen molar-refractivity contribution in [2.75, 3.05) is 30.8 Å². The van der Waals surface area contributed by atoms with E-state index in [1.54, 1.807) is 7.05 Å². The molecule has 1 aliphatic carbocycles. The summed E-state index contributed by atoms with van der Waals surface area (Å²) >= 11 is 0. The maximum absolute atomic E-state index is 10.9. The van der Waals surface area contributed by atoms with Crippen molar-refractivity contribution >= 4 is 17.3 Å². The largest absolute Gasteiger partial charge is 0.396 e. The summed E-state index contributed by atoms with van der Waals surface area (Å²) in [6.07, 6.45) is 3.25. The van der Waals surface area contributed by atoms with Crippen molar-refractivity contribution in [3.63, 3.8) is 0 Å². The van der Waals surface area contributed by atoms with Gasteiger partial charge in [-0.05, 0) is 24.7 Å². The van der Waals surface area contributed by atoms with E-state index in [2.05, 4.69) is 15.6 Å². The molecule has 0 spiro atoms. The van der Waals surface area contributed by atoms with Crippen molar-refractivity contribution in [3.05, 3.63) is 22.2 Å². The molecule has 1 fully saturated rings. The molecule has 20 heavy (non-hydrogen) atoms. The highest BCUT2D eigenvalue weighted by Gasteiger charge is 2.26. The molecule has 1 aromatic rings. The summed E-state index contributed by atoms with van der Waals surface area (Å²) in [6, 6.07) is 2.83. The van der Waals surface area contributed by atoms with Crippen LogP contribution in [0.4, 0.5) is 17.3 Å². The molecule has 7 heteroatoms. The molecule has 2 rings (SSSR count). The number of hydrogen-bond acceptors (Lipinski definition) is 6. The Morgan fingerprint density at radius 1 is 1.40 bits per heavy atom. The molecule has 1 saturated carbocycles. The topological polar surface area (TPSA) is 100 Å². The summed E-state index contributed by atoms with van der Waals surface area (Å²) in [6.45, 7) is 0.888. The Kier molecular flexibility index (Phi) is 4.73. The summed E-state index contributed by atoms with van der Waals surface area (Å²) in [7, 11) is 1.68. The number of aliphatic hydroxyl groups is 1. The molecule has 7 nitrogen and oxygen atoms in total. The van der Waals surface area contributed by atoms with Crippen LogP contribution in [0.25, 0.3) is 0 Å². The van der Waals surface area contributed by atoms with Crippen molar-refractivity contribution in [2.45, 2.75) is 19.3 Å². The van der Waals surface area contributed by atoms with Crippen molar-refractivity contribution < 1.29 is 10.0 Å². The summed E-state index contributed by atoms with van der Waals surface area (Å²) < 4.78 is 0. The number of nitrogens with one attached hydrogen (secondary N) is 2. The molecule has 0 saturated heterocycles. The number of aliphatic hydroxyl groups excluding tert-OH is 1. The van der Waals surface area contributed by atoms with Crippen molar-refractivity contribution in [2.24, 2.45) is 11.8 Å². The van der Waals surface area contributed by atoms with Gasteiger partial charge >= 0.3 is 0 Å². The van der Waals surface area contributed by atoms with Crippen LogP contribution in [0.15, 0.2) is 12.1 Å². The molecule has 2 atom stereocenters. The second kappa shape index (κ2) is 6.51. The van der Waals surface area contributed by atoms with Gasteiger partial charge in [-0.15, -0.1) is 0 Å². The van der Waals surface area contributed by atoms with Gasteiger partial charge in [-0.3, -0.25) is 10.1 Å². The first-order valence-corrected chi connectivity index (χ1v) is 6.83. The van der Waals surface area contributed by atoms with Crippen LogP contribution in [0.1, 0.15) is 19.3 Å². The minimum Gasteiger partial charge on any atom is -0.396 e. The number of pyridine rings is 1. The minimum atomic E-state index is -0.431. The predicted octanol–water partition coefficient (Wildman–Crippen LogP) is 1.85. The monoisotopic (exact) mass is 280 g/mol. The first-order valence-electron chi connectivity index (χ1n) is 6.83. The molecule has 110 valence electrons. The number of rotatable bonds is 6. The van der Waals surface area contributed by atoms with E-state index < -0.39 is 4.92 Å². The van der Waals surface area contributed by atoms with Gasteiger partial charge in [-0.2, -0.15) is 0 Å². The second-order valence-corrected chi connectivity index (χ2v) is 5.12. The molecule has 2 unspecified atom stereocenters. The SMILES string of the molecule is CNc1cc([N+](=O)[O-])cc(NCC2CCCC2CO)n1. The molecule has 0 amide bonds. The Morgan fingerprint density at radius 3 is 2.75 bits per heavy atom. The molecule has 1 heterocycles. The summed E-state index contributed by atoms with van der Waals surface area (Å²) in [5.41, 5.74) is 0.0111. The third kappa shape index (κ3) is 3.36. The first kappa shape index (κ1) is 14.5. The van der Waals surface area contributed by atoms with E-state index in [1.165, 1.54) is 12.1 Å². The fraction of sp³-hybridized carbons (Fsp3) is 0.615. The van der Waals surface area contributed by atoms with Crippen molar-refractivity contribution in [3.8, 4) is 0 Å². The van der Waals surface area contributed by atoms with Gasteiger partial charge in [0.2, 0.25) is 0 Å². The average Bonchev–Trinajstić information content (AvgIpc) is 2.92. The van der Waals surface area contributed by atoms with Gasteiger partial charge in [0.25, 0.3) is 5.69 Å². The summed E-state index contributed by atoms with van der Waals surface area (Å²) in [5.74, 6) is 1.68. The Hall–Kier alpha value is -1.89. The zero-order valence-electron chi connectivity index (χ0n) is 11.5. The quantitative estimate of drug-likeness (QED) is 0.543. The smallest absolute Gasteiger partial charge is 0.276 e. The highest BCUT2D eigenvalue weighted by atomic mass is 16.6. The molecule has 3 N–H and O–H groups in total. The van der Waals surface area contributed by atoms with Crippen LogP contribution in [0.5, 0.6) is 0 Å². The highest BCUT2D eigenvalue weighted by molar-refractivity contribution is 5.54. The van der Waals surface area contributed by atoms with E-state index in [0.29, 0.717) is 30.0 Å². The van der Waals surface area contributed by atoms with E-state index in [1.807, 2.05) is 0 Å². The second-order valence-electron chi connectivity index (χ2n) is 5.12. The standard InChI is InChI=1S/C13H20N4O3/c1-14-12-5-11(17(19)20)6-13(16-12)15-7-9-3-2-4-10(9)8-18/h5-6,9-10,18H,2-4,7-8H2,1H3,(H2,14,15,16). The van der Waals surface area contributed by atoms with E-state index in [9.17, 15) is 15.2 Å². The molecular weight excluding hydrogens is 260 g/mol. The van der Waals surface area contributed by atoms with Gasteiger partial charge in [0.1, 0.15) is 11.6 Å². The van der Waals surface area contributed by atoms with Gasteiger partial charge in [-0.25, -0.2) is 4.98 Å². The first-order chi connectivity index (χ1) is 9.63. The number of aromatic nitrogens is 1. The third-order valence-electron chi connectivity index (χ3n) is 3.87. The molecule has 1 aromatic heterocycles. The third-order valence-corrected chi connectivity index (χ3v) is 3.87. The van der Waals surface area contributed by atoms with E-state index in [-0.39, 0.29) is 12.3 Å². The molecule has 0 radical (unpaired) electrons. The summed E-state index contributed by atoms with van der Waals surface area (Å²) in [5, 5.41) is 26.1. The fourth-order valence-corrected chi connectivity index (χ4v) is 2.70. The number of hydrogen-bond donors (Lipinski definition) is 3. The molecule has 1 aliphatic rings. The molecule has 0 aromatic carbocycles. The Labute approximate surface area is 117 Å². The number of nitrogens with zero attached hydrogens (tertiary/aromatic N) is 2. The average molecular weight is 280 g/mol. The maximum Gasteiger partial charge on any atom is 0.276 e. The van der Waals surface area contributed by atoms with Crippen LogP contribution >= 0.6 is 0 Å². The zero-order valence-corrected chi connectivity index (χ0v) is 11.5. The van der Waals surface area contributed by atoms with Crippen LogP contribution in [0, 0.1) is 22.0 Å². The lowest BCUT2D eigenvalue weighted by Gasteiger charge is -2.18. The lowest BCUT2D eigenvalue weighted by atomic mass is 9.97.